The molecule has 1 amide bonds. The number of amides is 1. The van der Waals surface area contributed by atoms with Gasteiger partial charge in [0.2, 0.25) is 0 Å². The first-order valence-electron chi connectivity index (χ1n) is 9.07. The van der Waals surface area contributed by atoms with E-state index in [4.69, 9.17) is 21.1 Å². The fourth-order valence-electron chi connectivity index (χ4n) is 2.42. The van der Waals surface area contributed by atoms with Crippen LogP contribution in [-0.4, -0.2) is 18.7 Å². The number of rotatable bonds is 8. The Morgan fingerprint density at radius 2 is 1.76 bits per heavy atom. The van der Waals surface area contributed by atoms with Crippen molar-refractivity contribution in [1.29, 1.82) is 0 Å². The standard InChI is InChI=1S/C23H21ClN2O3/c1-17-5-7-19(8-6-17)15-28-21-11-9-18(10-12-21)14-25-26-23(27)16-29-22-4-2-3-20(24)13-22/h2-14H,15-16H2,1H3,(H,26,27)/b25-14+. The number of nitrogens with zero attached hydrogens (tertiary/aromatic N) is 1. The summed E-state index contributed by atoms with van der Waals surface area (Å²) in [4.78, 5) is 11.8. The van der Waals surface area contributed by atoms with E-state index in [0.29, 0.717) is 17.4 Å². The molecule has 0 saturated heterocycles. The third kappa shape index (κ3) is 6.97. The van der Waals surface area contributed by atoms with Crippen LogP contribution in [0.15, 0.2) is 77.9 Å². The Morgan fingerprint density at radius 3 is 2.48 bits per heavy atom. The molecule has 0 fully saturated rings. The minimum absolute atomic E-state index is 0.149. The van der Waals surface area contributed by atoms with Crippen LogP contribution in [0.2, 0.25) is 5.02 Å². The molecular weight excluding hydrogens is 388 g/mol. The molecule has 3 aromatic rings. The van der Waals surface area contributed by atoms with Gasteiger partial charge in [-0.15, -0.1) is 0 Å². The predicted molar refractivity (Wildman–Crippen MR) is 115 cm³/mol. The summed E-state index contributed by atoms with van der Waals surface area (Å²) in [6.45, 7) is 2.42. The van der Waals surface area contributed by atoms with E-state index in [1.807, 2.05) is 24.3 Å². The number of carbonyl (C=O) groups excluding carboxylic acids is 1. The van der Waals surface area contributed by atoms with Crippen molar-refractivity contribution in [3.05, 3.63) is 94.5 Å². The normalized spacial score (nSPS) is 10.7. The van der Waals surface area contributed by atoms with Crippen LogP contribution in [0.3, 0.4) is 0 Å². The van der Waals surface area contributed by atoms with Crippen LogP contribution in [-0.2, 0) is 11.4 Å². The van der Waals surface area contributed by atoms with Crippen LogP contribution < -0.4 is 14.9 Å². The molecule has 0 aliphatic carbocycles. The van der Waals surface area contributed by atoms with Crippen LogP contribution in [0.1, 0.15) is 16.7 Å². The molecule has 0 bridgehead atoms. The van der Waals surface area contributed by atoms with Crippen molar-refractivity contribution < 1.29 is 14.3 Å². The van der Waals surface area contributed by atoms with Gasteiger partial charge in [0.1, 0.15) is 18.1 Å². The average molecular weight is 409 g/mol. The topological polar surface area (TPSA) is 59.9 Å². The molecule has 0 spiro atoms. The molecule has 0 aliphatic rings. The minimum Gasteiger partial charge on any atom is -0.489 e. The molecule has 0 atom stereocenters. The minimum atomic E-state index is -0.362. The Hall–Kier alpha value is -3.31. The lowest BCUT2D eigenvalue weighted by Crippen LogP contribution is -2.24. The number of benzene rings is 3. The van der Waals surface area contributed by atoms with Crippen molar-refractivity contribution in [3.63, 3.8) is 0 Å². The summed E-state index contributed by atoms with van der Waals surface area (Å²) in [5.74, 6) is 0.929. The molecule has 0 saturated carbocycles. The van der Waals surface area contributed by atoms with Gasteiger partial charge in [-0.05, 0) is 60.5 Å². The number of hydrazone groups is 1. The molecule has 0 aliphatic heterocycles. The largest absolute Gasteiger partial charge is 0.489 e. The third-order valence-electron chi connectivity index (χ3n) is 3.98. The van der Waals surface area contributed by atoms with E-state index in [1.54, 1.807) is 30.5 Å². The highest BCUT2D eigenvalue weighted by Gasteiger charge is 2.02. The van der Waals surface area contributed by atoms with Gasteiger partial charge in [0, 0.05) is 5.02 Å². The number of nitrogens with one attached hydrogen (secondary N) is 1. The van der Waals surface area contributed by atoms with Crippen molar-refractivity contribution in [2.45, 2.75) is 13.5 Å². The molecule has 5 nitrogen and oxygen atoms in total. The highest BCUT2D eigenvalue weighted by molar-refractivity contribution is 6.30. The lowest BCUT2D eigenvalue weighted by molar-refractivity contribution is -0.123. The van der Waals surface area contributed by atoms with Gasteiger partial charge in [0.05, 0.1) is 6.21 Å². The van der Waals surface area contributed by atoms with Crippen molar-refractivity contribution in [1.82, 2.24) is 5.43 Å². The van der Waals surface area contributed by atoms with Crippen molar-refractivity contribution in [3.8, 4) is 11.5 Å². The summed E-state index contributed by atoms with van der Waals surface area (Å²) in [5, 5.41) is 4.48. The van der Waals surface area contributed by atoms with Gasteiger partial charge < -0.3 is 9.47 Å². The molecular formula is C23H21ClN2O3. The van der Waals surface area contributed by atoms with Crippen LogP contribution in [0.25, 0.3) is 0 Å². The zero-order chi connectivity index (χ0) is 20.5. The Morgan fingerprint density at radius 1 is 1.00 bits per heavy atom. The fraction of sp³-hybridized carbons (Fsp3) is 0.130. The Bertz CT molecular complexity index is 970. The van der Waals surface area contributed by atoms with Gasteiger partial charge >= 0.3 is 0 Å². The molecule has 0 heterocycles. The molecule has 3 aromatic carbocycles. The number of carbonyl (C=O) groups is 1. The first-order valence-corrected chi connectivity index (χ1v) is 9.45. The molecule has 148 valence electrons. The number of hydrogen-bond donors (Lipinski definition) is 1. The van der Waals surface area contributed by atoms with E-state index in [-0.39, 0.29) is 12.5 Å². The van der Waals surface area contributed by atoms with E-state index in [0.717, 1.165) is 16.9 Å². The quantitative estimate of drug-likeness (QED) is 0.432. The molecule has 0 unspecified atom stereocenters. The Balaban J connectivity index is 1.42. The van der Waals surface area contributed by atoms with Crippen LogP contribution >= 0.6 is 11.6 Å². The zero-order valence-electron chi connectivity index (χ0n) is 16.0. The zero-order valence-corrected chi connectivity index (χ0v) is 16.7. The van der Waals surface area contributed by atoms with Gasteiger partial charge in [-0.2, -0.15) is 5.10 Å². The summed E-state index contributed by atoms with van der Waals surface area (Å²) >= 11 is 5.87. The second-order valence-electron chi connectivity index (χ2n) is 6.38. The predicted octanol–water partition coefficient (Wildman–Crippen LogP) is 4.76. The molecule has 3 rings (SSSR count). The van der Waals surface area contributed by atoms with Crippen molar-refractivity contribution in [2.24, 2.45) is 5.10 Å². The second-order valence-corrected chi connectivity index (χ2v) is 6.82. The summed E-state index contributed by atoms with van der Waals surface area (Å²) in [6, 6.07) is 22.5. The maximum absolute atomic E-state index is 11.8. The smallest absolute Gasteiger partial charge is 0.277 e. The molecule has 0 aromatic heterocycles. The number of ether oxygens (including phenoxy) is 2. The van der Waals surface area contributed by atoms with E-state index in [2.05, 4.69) is 41.7 Å². The van der Waals surface area contributed by atoms with Crippen LogP contribution in [0, 0.1) is 6.92 Å². The third-order valence-corrected chi connectivity index (χ3v) is 4.21. The highest BCUT2D eigenvalue weighted by atomic mass is 35.5. The molecule has 0 radical (unpaired) electrons. The average Bonchev–Trinajstić information content (AvgIpc) is 2.73. The summed E-state index contributed by atoms with van der Waals surface area (Å²) in [7, 11) is 0. The van der Waals surface area contributed by atoms with Crippen LogP contribution in [0.4, 0.5) is 0 Å². The van der Waals surface area contributed by atoms with Crippen molar-refractivity contribution in [2.75, 3.05) is 6.61 Å². The SMILES string of the molecule is Cc1ccc(COc2ccc(/C=N/NC(=O)COc3cccc(Cl)c3)cc2)cc1. The second kappa shape index (κ2) is 10.3. The first-order chi connectivity index (χ1) is 14.1. The van der Waals surface area contributed by atoms with E-state index < -0.39 is 0 Å². The van der Waals surface area contributed by atoms with Gasteiger partial charge in [-0.25, -0.2) is 5.43 Å². The lowest BCUT2D eigenvalue weighted by atomic mass is 10.2. The van der Waals surface area contributed by atoms with E-state index in [9.17, 15) is 4.79 Å². The Labute approximate surface area is 174 Å². The number of aryl methyl sites for hydroxylation is 1. The van der Waals surface area contributed by atoms with Gasteiger partial charge in [-0.1, -0.05) is 47.5 Å². The maximum Gasteiger partial charge on any atom is 0.277 e. The molecule has 29 heavy (non-hydrogen) atoms. The van der Waals surface area contributed by atoms with Gasteiger partial charge in [0.15, 0.2) is 6.61 Å². The summed E-state index contributed by atoms with van der Waals surface area (Å²) < 4.78 is 11.1. The van der Waals surface area contributed by atoms with E-state index >= 15 is 0 Å². The number of hydrogen-bond acceptors (Lipinski definition) is 4. The van der Waals surface area contributed by atoms with Crippen LogP contribution in [0.5, 0.6) is 11.5 Å². The maximum atomic E-state index is 11.8. The summed E-state index contributed by atoms with van der Waals surface area (Å²) in [6.07, 6.45) is 1.56. The van der Waals surface area contributed by atoms with Crippen molar-refractivity contribution >= 4 is 23.7 Å². The highest BCUT2D eigenvalue weighted by Crippen LogP contribution is 2.17. The first kappa shape index (κ1) is 20.4. The summed E-state index contributed by atoms with van der Waals surface area (Å²) in [5.41, 5.74) is 5.60. The van der Waals surface area contributed by atoms with E-state index in [1.165, 1.54) is 5.56 Å². The lowest BCUT2D eigenvalue weighted by Gasteiger charge is -2.07. The molecule has 6 heteroatoms. The van der Waals surface area contributed by atoms with Gasteiger partial charge in [0.25, 0.3) is 5.91 Å². The monoisotopic (exact) mass is 408 g/mol. The molecule has 1 N–H and O–H groups in total. The fourth-order valence-corrected chi connectivity index (χ4v) is 2.60. The number of halogens is 1. The van der Waals surface area contributed by atoms with Gasteiger partial charge in [-0.3, -0.25) is 4.79 Å². The Kier molecular flexibility index (Phi) is 7.25.